The van der Waals surface area contributed by atoms with Crippen LogP contribution in [0.1, 0.15) is 42.9 Å². The van der Waals surface area contributed by atoms with Crippen LogP contribution in [-0.2, 0) is 6.54 Å². The minimum absolute atomic E-state index is 0.0893. The molecule has 4 rings (SSSR count). The van der Waals surface area contributed by atoms with E-state index < -0.39 is 0 Å². The summed E-state index contributed by atoms with van der Waals surface area (Å²) in [6.07, 6.45) is 9.65. The van der Waals surface area contributed by atoms with Gasteiger partial charge in [-0.1, -0.05) is 18.1 Å². The van der Waals surface area contributed by atoms with Crippen LogP contribution in [0.4, 0.5) is 5.95 Å². The van der Waals surface area contributed by atoms with E-state index in [2.05, 4.69) is 32.8 Å². The molecule has 1 aromatic carbocycles. The molecule has 2 aliphatic rings. The van der Waals surface area contributed by atoms with E-state index in [1.54, 1.807) is 6.07 Å². The van der Waals surface area contributed by atoms with Gasteiger partial charge in [0.05, 0.1) is 5.69 Å². The molecule has 0 radical (unpaired) electrons. The number of aromatic nitrogens is 2. The van der Waals surface area contributed by atoms with E-state index in [-0.39, 0.29) is 5.88 Å². The predicted octanol–water partition coefficient (Wildman–Crippen LogP) is 3.17. The van der Waals surface area contributed by atoms with Gasteiger partial charge in [0.1, 0.15) is 12.4 Å². The molecule has 0 unspecified atom stereocenters. The first-order chi connectivity index (χ1) is 14.2. The van der Waals surface area contributed by atoms with Gasteiger partial charge in [0, 0.05) is 31.6 Å². The number of rotatable bonds is 6. The fourth-order valence-corrected chi connectivity index (χ4v) is 4.17. The molecule has 0 spiro atoms. The van der Waals surface area contributed by atoms with Gasteiger partial charge < -0.3 is 14.7 Å². The zero-order valence-electron chi connectivity index (χ0n) is 16.8. The molecular formula is C23H28N4O2. The van der Waals surface area contributed by atoms with Gasteiger partial charge in [0.15, 0.2) is 0 Å². The maximum atomic E-state index is 10.1. The molecule has 3 heterocycles. The summed E-state index contributed by atoms with van der Waals surface area (Å²) in [4.78, 5) is 13.7. The van der Waals surface area contributed by atoms with Gasteiger partial charge in [-0.3, -0.25) is 4.90 Å². The normalized spacial score (nSPS) is 18.0. The molecule has 1 aromatic heterocycles. The van der Waals surface area contributed by atoms with Gasteiger partial charge in [-0.25, -0.2) is 4.98 Å². The molecule has 0 saturated carbocycles. The van der Waals surface area contributed by atoms with Gasteiger partial charge in [0.2, 0.25) is 11.8 Å². The fourth-order valence-electron chi connectivity index (χ4n) is 4.17. The third-order valence-electron chi connectivity index (χ3n) is 5.77. The Morgan fingerprint density at radius 1 is 1.07 bits per heavy atom. The van der Waals surface area contributed by atoms with E-state index in [4.69, 9.17) is 16.1 Å². The van der Waals surface area contributed by atoms with E-state index in [0.717, 1.165) is 57.0 Å². The first kappa shape index (κ1) is 19.5. The number of anilines is 1. The fraction of sp³-hybridized carbons (Fsp3) is 0.478. The van der Waals surface area contributed by atoms with Crippen molar-refractivity contribution in [2.75, 3.05) is 37.7 Å². The van der Waals surface area contributed by atoms with Gasteiger partial charge in [0.25, 0.3) is 0 Å². The van der Waals surface area contributed by atoms with E-state index >= 15 is 0 Å². The highest BCUT2D eigenvalue weighted by atomic mass is 16.5. The lowest BCUT2D eigenvalue weighted by Crippen LogP contribution is -2.33. The highest BCUT2D eigenvalue weighted by molar-refractivity contribution is 5.36. The van der Waals surface area contributed by atoms with Crippen molar-refractivity contribution in [2.24, 2.45) is 0 Å². The van der Waals surface area contributed by atoms with Crippen LogP contribution in [0.25, 0.3) is 0 Å². The summed E-state index contributed by atoms with van der Waals surface area (Å²) in [6, 6.07) is 9.90. The van der Waals surface area contributed by atoms with Crippen molar-refractivity contribution in [3.8, 4) is 24.0 Å². The maximum absolute atomic E-state index is 10.1. The van der Waals surface area contributed by atoms with E-state index in [9.17, 15) is 5.11 Å². The van der Waals surface area contributed by atoms with Crippen LogP contribution >= 0.6 is 0 Å². The van der Waals surface area contributed by atoms with Gasteiger partial charge in [-0.2, -0.15) is 4.98 Å². The van der Waals surface area contributed by atoms with E-state index in [1.807, 2.05) is 12.1 Å². The summed E-state index contributed by atoms with van der Waals surface area (Å²) in [5.74, 6) is 4.44. The average Bonchev–Trinajstić information content (AvgIpc) is 3.28. The second kappa shape index (κ2) is 9.15. The molecule has 29 heavy (non-hydrogen) atoms. The van der Waals surface area contributed by atoms with Gasteiger partial charge in [-0.15, -0.1) is 6.42 Å². The molecule has 2 aliphatic heterocycles. The number of hydrogen-bond donors (Lipinski definition) is 1. The summed E-state index contributed by atoms with van der Waals surface area (Å²) in [5.41, 5.74) is 2.25. The predicted molar refractivity (Wildman–Crippen MR) is 113 cm³/mol. The third-order valence-corrected chi connectivity index (χ3v) is 5.77. The first-order valence-corrected chi connectivity index (χ1v) is 10.4. The van der Waals surface area contributed by atoms with Crippen molar-refractivity contribution in [3.05, 3.63) is 41.6 Å². The summed E-state index contributed by atoms with van der Waals surface area (Å²) in [6.45, 7) is 5.22. The van der Waals surface area contributed by atoms with Crippen molar-refractivity contribution in [3.63, 3.8) is 0 Å². The minimum Gasteiger partial charge on any atom is -0.493 e. The second-order valence-electron chi connectivity index (χ2n) is 7.83. The van der Waals surface area contributed by atoms with Crippen molar-refractivity contribution < 1.29 is 9.84 Å². The Morgan fingerprint density at radius 2 is 1.79 bits per heavy atom. The van der Waals surface area contributed by atoms with Crippen LogP contribution in [0, 0.1) is 12.3 Å². The zero-order chi connectivity index (χ0) is 20.1. The van der Waals surface area contributed by atoms with E-state index in [0.29, 0.717) is 18.5 Å². The van der Waals surface area contributed by atoms with Crippen LogP contribution in [0.2, 0.25) is 0 Å². The Balaban J connectivity index is 1.33. The molecular weight excluding hydrogens is 364 g/mol. The average molecular weight is 393 g/mol. The first-order valence-electron chi connectivity index (χ1n) is 10.4. The topological polar surface area (TPSA) is 61.7 Å². The summed E-state index contributed by atoms with van der Waals surface area (Å²) < 4.78 is 5.43. The molecule has 0 amide bonds. The lowest BCUT2D eigenvalue weighted by molar-refractivity contribution is 0.203. The van der Waals surface area contributed by atoms with Crippen molar-refractivity contribution in [1.82, 2.24) is 14.9 Å². The number of nitrogens with zero attached hydrogens (tertiary/aromatic N) is 4. The highest BCUT2D eigenvalue weighted by Crippen LogP contribution is 2.30. The quantitative estimate of drug-likeness (QED) is 0.762. The second-order valence-corrected chi connectivity index (χ2v) is 7.83. The molecule has 152 valence electrons. The molecule has 2 fully saturated rings. The monoisotopic (exact) mass is 392 g/mol. The van der Waals surface area contributed by atoms with Crippen LogP contribution in [0.3, 0.4) is 0 Å². The molecule has 0 bridgehead atoms. The summed E-state index contributed by atoms with van der Waals surface area (Å²) >= 11 is 0. The summed E-state index contributed by atoms with van der Waals surface area (Å²) in [5, 5.41) is 10.1. The number of likely N-dealkylation sites (tertiary alicyclic amines) is 1. The lowest BCUT2D eigenvalue weighted by atomic mass is 9.93. The number of piperidine rings is 1. The Morgan fingerprint density at radius 3 is 2.48 bits per heavy atom. The Bertz CT molecular complexity index is 848. The molecule has 2 aromatic rings. The molecule has 0 aliphatic carbocycles. The number of hydrogen-bond acceptors (Lipinski definition) is 6. The molecule has 1 N–H and O–H groups in total. The lowest BCUT2D eigenvalue weighted by Gasteiger charge is -2.32. The largest absolute Gasteiger partial charge is 0.493 e. The van der Waals surface area contributed by atoms with Crippen molar-refractivity contribution >= 4 is 5.95 Å². The van der Waals surface area contributed by atoms with Gasteiger partial charge in [-0.05, 0) is 56.5 Å². The molecule has 6 nitrogen and oxygen atoms in total. The Labute approximate surface area is 172 Å². The van der Waals surface area contributed by atoms with Crippen LogP contribution in [-0.4, -0.2) is 52.8 Å². The van der Waals surface area contributed by atoms with E-state index in [1.165, 1.54) is 18.4 Å². The van der Waals surface area contributed by atoms with Crippen LogP contribution in [0.5, 0.6) is 11.6 Å². The molecule has 0 atom stereocenters. The third kappa shape index (κ3) is 4.99. The standard InChI is InChI=1S/C23H28N4O2/c1-2-15-29-20-7-5-18(6-8-20)17-26-13-9-19(10-14-26)21-16-22(28)25-23(24-21)27-11-3-4-12-27/h1,5-8,16,19H,3-4,9-15,17H2,(H,24,25,28). The molecule has 6 heteroatoms. The zero-order valence-corrected chi connectivity index (χ0v) is 16.8. The minimum atomic E-state index is 0.0893. The SMILES string of the molecule is C#CCOc1ccc(CN2CCC(c3cc(O)nc(N4CCCC4)n3)CC2)cc1. The smallest absolute Gasteiger partial charge is 0.228 e. The Kier molecular flexibility index (Phi) is 6.16. The van der Waals surface area contributed by atoms with Crippen molar-refractivity contribution in [1.29, 1.82) is 0 Å². The van der Waals surface area contributed by atoms with Crippen LogP contribution in [0.15, 0.2) is 30.3 Å². The molecule has 2 saturated heterocycles. The number of benzene rings is 1. The highest BCUT2D eigenvalue weighted by Gasteiger charge is 2.24. The number of aromatic hydroxyl groups is 1. The van der Waals surface area contributed by atoms with Gasteiger partial charge >= 0.3 is 0 Å². The number of terminal acetylenes is 1. The Hall–Kier alpha value is -2.78. The number of ether oxygens (including phenoxy) is 1. The van der Waals surface area contributed by atoms with Crippen LogP contribution < -0.4 is 9.64 Å². The summed E-state index contributed by atoms with van der Waals surface area (Å²) in [7, 11) is 0. The van der Waals surface area contributed by atoms with Crippen molar-refractivity contribution in [2.45, 2.75) is 38.1 Å². The maximum Gasteiger partial charge on any atom is 0.228 e.